The molecule has 0 amide bonds. The first-order chi connectivity index (χ1) is 11.5. The number of hydrogen-bond acceptors (Lipinski definition) is 2. The highest BCUT2D eigenvalue weighted by molar-refractivity contribution is 14.0. The van der Waals surface area contributed by atoms with Crippen LogP contribution in [0, 0.1) is 0 Å². The van der Waals surface area contributed by atoms with Gasteiger partial charge in [0, 0.05) is 46.7 Å². The Hall–Kier alpha value is -1.25. The lowest BCUT2D eigenvalue weighted by Gasteiger charge is -2.23. The van der Waals surface area contributed by atoms with Gasteiger partial charge in [0.2, 0.25) is 0 Å². The van der Waals surface area contributed by atoms with E-state index in [0.717, 1.165) is 23.2 Å². The smallest absolute Gasteiger partial charge is 0.194 e. The third-order valence-electron chi connectivity index (χ3n) is 3.90. The third-order valence-corrected chi connectivity index (χ3v) is 4.11. The number of nitrogens with zero attached hydrogens (tertiary/aromatic N) is 3. The fourth-order valence-corrected chi connectivity index (χ4v) is 2.90. The van der Waals surface area contributed by atoms with Crippen LogP contribution in [0.3, 0.4) is 0 Å². The molecular weight excluding hydrogens is 451 g/mol. The van der Waals surface area contributed by atoms with E-state index >= 15 is 0 Å². The fraction of sp³-hybridized carbons (Fsp3) is 0.389. The van der Waals surface area contributed by atoms with Crippen molar-refractivity contribution in [3.05, 3.63) is 58.4 Å². The molecule has 0 atom stereocenters. The Morgan fingerprint density at radius 1 is 1.32 bits per heavy atom. The van der Waals surface area contributed by atoms with Crippen LogP contribution in [0.15, 0.2) is 41.5 Å². The second-order valence-corrected chi connectivity index (χ2v) is 6.16. The molecule has 2 aromatic rings. The highest BCUT2D eigenvalue weighted by Crippen LogP contribution is 2.14. The van der Waals surface area contributed by atoms with Gasteiger partial charge >= 0.3 is 0 Å². The van der Waals surface area contributed by atoms with Gasteiger partial charge in [0.1, 0.15) is 0 Å². The summed E-state index contributed by atoms with van der Waals surface area (Å²) in [6.07, 6.45) is 1.90. The van der Waals surface area contributed by atoms with Gasteiger partial charge in [-0.15, -0.1) is 24.0 Å². The minimum absolute atomic E-state index is 0. The van der Waals surface area contributed by atoms with Gasteiger partial charge in [0.05, 0.1) is 18.2 Å². The van der Waals surface area contributed by atoms with Gasteiger partial charge in [-0.3, -0.25) is 4.99 Å². The zero-order valence-corrected chi connectivity index (χ0v) is 18.2. The third kappa shape index (κ3) is 6.20. The maximum absolute atomic E-state index is 6.05. The highest BCUT2D eigenvalue weighted by atomic mass is 127. The fourth-order valence-electron chi connectivity index (χ4n) is 2.63. The number of halogens is 2. The van der Waals surface area contributed by atoms with Crippen molar-refractivity contribution >= 4 is 41.5 Å². The van der Waals surface area contributed by atoms with Crippen molar-refractivity contribution in [1.82, 2.24) is 14.8 Å². The molecule has 1 heterocycles. The summed E-state index contributed by atoms with van der Waals surface area (Å²) in [7, 11) is 7.50. The summed E-state index contributed by atoms with van der Waals surface area (Å²) in [4.78, 5) is 6.44. The van der Waals surface area contributed by atoms with E-state index in [1.54, 1.807) is 14.2 Å². The Balaban J connectivity index is 0.00000312. The summed E-state index contributed by atoms with van der Waals surface area (Å²) >= 11 is 6.05. The molecule has 0 aliphatic carbocycles. The molecule has 5 nitrogen and oxygen atoms in total. The van der Waals surface area contributed by atoms with E-state index in [4.69, 9.17) is 16.3 Å². The molecule has 0 bridgehead atoms. The first-order valence-electron chi connectivity index (χ1n) is 7.83. The SMILES string of the molecule is CN=C(NCc1ccccc1COC)N(C)Cc1cc(Cl)cn1C.I. The number of aliphatic imine (C=N–C) groups is 1. The van der Waals surface area contributed by atoms with Gasteiger partial charge in [-0.05, 0) is 17.2 Å². The predicted octanol–water partition coefficient (Wildman–Crippen LogP) is 3.65. The van der Waals surface area contributed by atoms with Crippen molar-refractivity contribution < 1.29 is 4.74 Å². The largest absolute Gasteiger partial charge is 0.380 e. The van der Waals surface area contributed by atoms with Crippen molar-refractivity contribution in [3.8, 4) is 0 Å². The van der Waals surface area contributed by atoms with Crippen molar-refractivity contribution in [3.63, 3.8) is 0 Å². The van der Waals surface area contributed by atoms with Crippen LogP contribution in [0.2, 0.25) is 5.02 Å². The van der Waals surface area contributed by atoms with E-state index in [9.17, 15) is 0 Å². The molecule has 25 heavy (non-hydrogen) atoms. The van der Waals surface area contributed by atoms with E-state index in [1.165, 1.54) is 11.1 Å². The Morgan fingerprint density at radius 3 is 2.56 bits per heavy atom. The number of aromatic nitrogens is 1. The van der Waals surface area contributed by atoms with Crippen molar-refractivity contribution in [2.75, 3.05) is 21.2 Å². The number of aryl methyl sites for hydroxylation is 1. The Labute approximate surface area is 172 Å². The standard InChI is InChI=1S/C18H25ClN4O.HI/c1-20-18(23(3)12-17-9-16(19)11-22(17)2)21-10-14-7-5-6-8-15(14)13-24-4;/h5-9,11H,10,12-13H2,1-4H3,(H,20,21);1H. The zero-order valence-electron chi connectivity index (χ0n) is 15.1. The van der Waals surface area contributed by atoms with Crippen molar-refractivity contribution in [1.29, 1.82) is 0 Å². The van der Waals surface area contributed by atoms with Gasteiger partial charge < -0.3 is 19.5 Å². The lowest BCUT2D eigenvalue weighted by Crippen LogP contribution is -2.38. The molecule has 0 saturated heterocycles. The molecule has 138 valence electrons. The lowest BCUT2D eigenvalue weighted by atomic mass is 10.1. The number of nitrogens with one attached hydrogen (secondary N) is 1. The van der Waals surface area contributed by atoms with Crippen LogP contribution in [-0.4, -0.2) is 36.6 Å². The average Bonchev–Trinajstić information content (AvgIpc) is 2.87. The summed E-state index contributed by atoms with van der Waals surface area (Å²) < 4.78 is 7.29. The summed E-state index contributed by atoms with van der Waals surface area (Å²) in [6, 6.07) is 10.2. The molecule has 1 N–H and O–H groups in total. The molecule has 7 heteroatoms. The zero-order chi connectivity index (χ0) is 17.5. The van der Waals surface area contributed by atoms with Crippen molar-refractivity contribution in [2.45, 2.75) is 19.7 Å². The molecule has 0 aliphatic rings. The van der Waals surface area contributed by atoms with Crippen LogP contribution >= 0.6 is 35.6 Å². The van der Waals surface area contributed by atoms with Gasteiger partial charge in [-0.25, -0.2) is 0 Å². The van der Waals surface area contributed by atoms with E-state index < -0.39 is 0 Å². The minimum atomic E-state index is 0. The van der Waals surface area contributed by atoms with E-state index in [-0.39, 0.29) is 24.0 Å². The lowest BCUT2D eigenvalue weighted by molar-refractivity contribution is 0.184. The molecule has 0 radical (unpaired) electrons. The van der Waals surface area contributed by atoms with Gasteiger partial charge in [0.15, 0.2) is 5.96 Å². The summed E-state index contributed by atoms with van der Waals surface area (Å²) in [5.74, 6) is 0.833. The first kappa shape index (κ1) is 21.8. The molecule has 0 aliphatic heterocycles. The normalized spacial score (nSPS) is 11.2. The Bertz CT molecular complexity index is 702. The second-order valence-electron chi connectivity index (χ2n) is 5.72. The van der Waals surface area contributed by atoms with Crippen LogP contribution < -0.4 is 5.32 Å². The number of benzene rings is 1. The van der Waals surface area contributed by atoms with Crippen LogP contribution in [0.4, 0.5) is 0 Å². The van der Waals surface area contributed by atoms with Crippen molar-refractivity contribution in [2.24, 2.45) is 12.0 Å². The molecule has 1 aromatic carbocycles. The Kier molecular flexibility index (Phi) is 9.31. The van der Waals surface area contributed by atoms with E-state index in [0.29, 0.717) is 13.2 Å². The van der Waals surface area contributed by atoms with Crippen LogP contribution in [-0.2, 0) is 31.5 Å². The second kappa shape index (κ2) is 10.7. The Morgan fingerprint density at radius 2 is 2.00 bits per heavy atom. The van der Waals surface area contributed by atoms with Crippen LogP contribution in [0.25, 0.3) is 0 Å². The maximum atomic E-state index is 6.05. The monoisotopic (exact) mass is 476 g/mol. The molecule has 0 fully saturated rings. The quantitative estimate of drug-likeness (QED) is 0.393. The number of rotatable bonds is 6. The van der Waals surface area contributed by atoms with Gasteiger partial charge in [-0.1, -0.05) is 35.9 Å². The molecular formula is C18H26ClIN4O. The molecule has 0 spiro atoms. The van der Waals surface area contributed by atoms with E-state index in [2.05, 4.69) is 27.3 Å². The molecule has 2 rings (SSSR count). The summed E-state index contributed by atoms with van der Waals surface area (Å²) in [5.41, 5.74) is 3.51. The van der Waals surface area contributed by atoms with E-state index in [1.807, 2.05) is 43.1 Å². The minimum Gasteiger partial charge on any atom is -0.380 e. The van der Waals surface area contributed by atoms with Crippen LogP contribution in [0.1, 0.15) is 16.8 Å². The van der Waals surface area contributed by atoms with Crippen LogP contribution in [0.5, 0.6) is 0 Å². The average molecular weight is 477 g/mol. The molecule has 0 saturated carbocycles. The molecule has 0 unspecified atom stereocenters. The topological polar surface area (TPSA) is 41.8 Å². The number of ether oxygens (including phenoxy) is 1. The molecule has 1 aromatic heterocycles. The number of methoxy groups -OCH3 is 1. The first-order valence-corrected chi connectivity index (χ1v) is 8.21. The highest BCUT2D eigenvalue weighted by Gasteiger charge is 2.10. The summed E-state index contributed by atoms with van der Waals surface area (Å²) in [5, 5.41) is 4.16. The number of guanidine groups is 1. The number of hydrogen-bond donors (Lipinski definition) is 1. The summed E-state index contributed by atoms with van der Waals surface area (Å²) in [6.45, 7) is 2.03. The maximum Gasteiger partial charge on any atom is 0.194 e. The van der Waals surface area contributed by atoms with Gasteiger partial charge in [0.25, 0.3) is 0 Å². The predicted molar refractivity (Wildman–Crippen MR) is 115 cm³/mol. The van der Waals surface area contributed by atoms with Gasteiger partial charge in [-0.2, -0.15) is 0 Å².